The molecule has 6 heteroatoms. The topological polar surface area (TPSA) is 72.4 Å². The highest BCUT2D eigenvalue weighted by atomic mass is 16.5. The van der Waals surface area contributed by atoms with E-state index in [2.05, 4.69) is 9.97 Å². The number of hydrogen-bond acceptors (Lipinski definition) is 5. The number of carbonyl (C=O) groups is 2. The van der Waals surface area contributed by atoms with E-state index in [1.165, 1.54) is 11.8 Å². The van der Waals surface area contributed by atoms with Gasteiger partial charge in [-0.3, -0.25) is 14.8 Å². The molecule has 0 spiro atoms. The number of ether oxygens (including phenoxy) is 1. The quantitative estimate of drug-likeness (QED) is 0.607. The van der Waals surface area contributed by atoms with Gasteiger partial charge in [0.15, 0.2) is 0 Å². The van der Waals surface area contributed by atoms with E-state index in [4.69, 9.17) is 4.74 Å². The van der Waals surface area contributed by atoms with Gasteiger partial charge >= 0.3 is 5.97 Å². The van der Waals surface area contributed by atoms with Crippen LogP contribution in [0.2, 0.25) is 0 Å². The molecule has 0 saturated carbocycles. The lowest BCUT2D eigenvalue weighted by molar-refractivity contribution is -0.116. The maximum absolute atomic E-state index is 12.8. The molecule has 3 aromatic rings. The van der Waals surface area contributed by atoms with Gasteiger partial charge in [0.2, 0.25) is 5.91 Å². The van der Waals surface area contributed by atoms with E-state index in [1.807, 2.05) is 37.3 Å². The largest absolute Gasteiger partial charge is 0.452 e. The van der Waals surface area contributed by atoms with Gasteiger partial charge in [-0.25, -0.2) is 4.79 Å². The minimum atomic E-state index is -0.548. The van der Waals surface area contributed by atoms with Crippen molar-refractivity contribution >= 4 is 17.6 Å². The number of anilines is 1. The van der Waals surface area contributed by atoms with Crippen LogP contribution in [0.25, 0.3) is 11.1 Å². The van der Waals surface area contributed by atoms with Crippen molar-refractivity contribution in [1.82, 2.24) is 9.97 Å². The van der Waals surface area contributed by atoms with Crippen LogP contribution < -0.4 is 4.90 Å². The van der Waals surface area contributed by atoms with Crippen molar-refractivity contribution in [3.63, 3.8) is 0 Å². The summed E-state index contributed by atoms with van der Waals surface area (Å²) in [5.74, 6) is -0.617. The third kappa shape index (κ3) is 4.85. The first-order valence-electron chi connectivity index (χ1n) is 9.28. The summed E-state index contributed by atoms with van der Waals surface area (Å²) < 4.78 is 5.58. The number of aryl methyl sites for hydroxylation is 1. The van der Waals surface area contributed by atoms with Gasteiger partial charge in [-0.1, -0.05) is 29.8 Å². The van der Waals surface area contributed by atoms with E-state index in [0.29, 0.717) is 16.9 Å². The second-order valence-electron chi connectivity index (χ2n) is 6.89. The Hall–Kier alpha value is -3.54. The molecule has 29 heavy (non-hydrogen) atoms. The Balaban J connectivity index is 1.97. The molecule has 0 aliphatic heterocycles. The first kappa shape index (κ1) is 20.2. The van der Waals surface area contributed by atoms with Crippen LogP contribution in [-0.2, 0) is 9.53 Å². The molecule has 2 aromatic carbocycles. The Morgan fingerprint density at radius 1 is 1.03 bits per heavy atom. The molecule has 0 N–H and O–H groups in total. The highest BCUT2D eigenvalue weighted by molar-refractivity contribution is 5.97. The van der Waals surface area contributed by atoms with Crippen molar-refractivity contribution in [2.45, 2.75) is 26.9 Å². The van der Waals surface area contributed by atoms with E-state index in [1.54, 1.807) is 44.7 Å². The summed E-state index contributed by atoms with van der Waals surface area (Å²) in [6.45, 7) is 5.24. The molecule has 0 radical (unpaired) electrons. The number of amides is 1. The van der Waals surface area contributed by atoms with Crippen LogP contribution >= 0.6 is 0 Å². The van der Waals surface area contributed by atoms with Crippen molar-refractivity contribution in [1.29, 1.82) is 0 Å². The zero-order chi connectivity index (χ0) is 21.0. The molecule has 148 valence electrons. The smallest absolute Gasteiger partial charge is 0.338 e. The lowest BCUT2D eigenvalue weighted by atomic mass is 10.0. The zero-order valence-corrected chi connectivity index (χ0v) is 16.9. The summed E-state index contributed by atoms with van der Waals surface area (Å²) in [5, 5.41) is 0. The fourth-order valence-corrected chi connectivity index (χ4v) is 2.83. The SMILES string of the molecule is CC(=O)N(C)c1cc(C(=O)OC(C)c2cnccn2)cc(-c2ccc(C)cc2)c1. The first-order valence-corrected chi connectivity index (χ1v) is 9.28. The second kappa shape index (κ2) is 8.65. The minimum absolute atomic E-state index is 0.127. The van der Waals surface area contributed by atoms with Crippen molar-refractivity contribution in [2.75, 3.05) is 11.9 Å². The maximum atomic E-state index is 12.8. The van der Waals surface area contributed by atoms with Crippen molar-refractivity contribution in [3.05, 3.63) is 77.9 Å². The average molecular weight is 389 g/mol. The van der Waals surface area contributed by atoms with E-state index in [9.17, 15) is 9.59 Å². The molecule has 3 rings (SSSR count). The predicted molar refractivity (Wildman–Crippen MR) is 112 cm³/mol. The molecule has 1 aromatic heterocycles. The third-order valence-electron chi connectivity index (χ3n) is 4.68. The molecule has 0 aliphatic rings. The summed E-state index contributed by atoms with van der Waals surface area (Å²) in [5.41, 5.74) is 4.47. The molecular formula is C23H23N3O3. The van der Waals surface area contributed by atoms with Gasteiger partial charge in [0, 0.05) is 32.1 Å². The van der Waals surface area contributed by atoms with Crippen molar-refractivity contribution in [3.8, 4) is 11.1 Å². The highest BCUT2D eigenvalue weighted by Gasteiger charge is 2.18. The van der Waals surface area contributed by atoms with Crippen LogP contribution in [0.15, 0.2) is 61.1 Å². The molecule has 0 bridgehead atoms. The molecule has 6 nitrogen and oxygen atoms in total. The molecule has 0 aliphatic carbocycles. The van der Waals surface area contributed by atoms with E-state index in [-0.39, 0.29) is 5.91 Å². The standard InChI is InChI=1S/C23H23N3O3/c1-15-5-7-18(8-6-15)19-11-20(13-21(12-19)26(4)17(3)27)23(28)29-16(2)22-14-24-9-10-25-22/h5-14,16H,1-4H3. The monoisotopic (exact) mass is 389 g/mol. The molecule has 1 amide bonds. The van der Waals surface area contributed by atoms with Gasteiger partial charge in [0.25, 0.3) is 0 Å². The predicted octanol–water partition coefficient (Wildman–Crippen LogP) is 4.35. The van der Waals surface area contributed by atoms with Gasteiger partial charge in [0.05, 0.1) is 17.5 Å². The number of esters is 1. The van der Waals surface area contributed by atoms with Gasteiger partial charge in [-0.15, -0.1) is 0 Å². The van der Waals surface area contributed by atoms with Crippen LogP contribution in [0.4, 0.5) is 5.69 Å². The zero-order valence-electron chi connectivity index (χ0n) is 16.9. The van der Waals surface area contributed by atoms with E-state index < -0.39 is 12.1 Å². The van der Waals surface area contributed by atoms with Crippen molar-refractivity contribution in [2.24, 2.45) is 0 Å². The lowest BCUT2D eigenvalue weighted by Crippen LogP contribution is -2.23. The summed E-state index contributed by atoms with van der Waals surface area (Å²) in [6.07, 6.45) is 4.13. The maximum Gasteiger partial charge on any atom is 0.338 e. The summed E-state index contributed by atoms with van der Waals surface area (Å²) in [6, 6.07) is 13.3. The third-order valence-corrected chi connectivity index (χ3v) is 4.68. The Morgan fingerprint density at radius 2 is 1.76 bits per heavy atom. The van der Waals surface area contributed by atoms with Crippen LogP contribution in [0, 0.1) is 6.92 Å². The van der Waals surface area contributed by atoms with E-state index in [0.717, 1.165) is 16.7 Å². The average Bonchev–Trinajstić information content (AvgIpc) is 2.73. The molecular weight excluding hydrogens is 366 g/mol. The number of hydrogen-bond donors (Lipinski definition) is 0. The van der Waals surface area contributed by atoms with Crippen LogP contribution in [-0.4, -0.2) is 28.9 Å². The van der Waals surface area contributed by atoms with Crippen LogP contribution in [0.5, 0.6) is 0 Å². The van der Waals surface area contributed by atoms with Gasteiger partial charge in [-0.2, -0.15) is 0 Å². The lowest BCUT2D eigenvalue weighted by Gasteiger charge is -2.19. The number of nitrogens with zero attached hydrogens (tertiary/aromatic N) is 3. The Morgan fingerprint density at radius 3 is 2.38 bits per heavy atom. The van der Waals surface area contributed by atoms with Gasteiger partial charge in [-0.05, 0) is 43.2 Å². The summed E-state index contributed by atoms with van der Waals surface area (Å²) >= 11 is 0. The molecule has 0 fully saturated rings. The summed E-state index contributed by atoms with van der Waals surface area (Å²) in [4.78, 5) is 34.4. The van der Waals surface area contributed by atoms with Crippen molar-refractivity contribution < 1.29 is 14.3 Å². The van der Waals surface area contributed by atoms with E-state index >= 15 is 0 Å². The Kier molecular flexibility index (Phi) is 6.02. The summed E-state index contributed by atoms with van der Waals surface area (Å²) in [7, 11) is 1.67. The number of rotatable bonds is 5. The Bertz CT molecular complexity index is 1020. The normalized spacial score (nSPS) is 11.6. The van der Waals surface area contributed by atoms with Crippen LogP contribution in [0.3, 0.4) is 0 Å². The first-order chi connectivity index (χ1) is 13.8. The molecule has 1 atom stereocenters. The second-order valence-corrected chi connectivity index (χ2v) is 6.89. The fraction of sp³-hybridized carbons (Fsp3) is 0.217. The Labute approximate surface area is 170 Å². The van der Waals surface area contributed by atoms with Gasteiger partial charge in [0.1, 0.15) is 6.10 Å². The minimum Gasteiger partial charge on any atom is -0.452 e. The van der Waals surface area contributed by atoms with Crippen LogP contribution in [0.1, 0.15) is 41.6 Å². The molecule has 1 heterocycles. The highest BCUT2D eigenvalue weighted by Crippen LogP contribution is 2.28. The van der Waals surface area contributed by atoms with Gasteiger partial charge < -0.3 is 9.64 Å². The fourth-order valence-electron chi connectivity index (χ4n) is 2.83. The molecule has 1 unspecified atom stereocenters. The number of aromatic nitrogens is 2. The number of carbonyl (C=O) groups excluding carboxylic acids is 2. The number of benzene rings is 2. The molecule has 0 saturated heterocycles.